The molecule has 0 aromatic carbocycles. The van der Waals surface area contributed by atoms with Gasteiger partial charge < -0.3 is 20.0 Å². The Hall–Kier alpha value is -1.98. The number of likely N-dealkylation sites (tertiary alicyclic amines) is 1. The van der Waals surface area contributed by atoms with E-state index in [0.717, 1.165) is 57.2 Å². The van der Waals surface area contributed by atoms with Crippen LogP contribution in [0.4, 0.5) is 0 Å². The molecule has 3 rings (SSSR count). The standard InChI is InChI=1S/C21H34N4O2/c1-17-7-2-3-9-19(17)24-21(23-13-11-18-8-5-16-27-18)22-12-6-15-25-14-4-10-20(25)26/h5,8,16-17,19H,2-4,6-7,9-15H2,1H3,(H2,22,23,24). The van der Waals surface area contributed by atoms with Crippen molar-refractivity contribution < 1.29 is 9.21 Å². The number of furan rings is 1. The molecular weight excluding hydrogens is 340 g/mol. The first kappa shape index (κ1) is 19.8. The second-order valence-corrected chi connectivity index (χ2v) is 7.84. The third-order valence-corrected chi connectivity index (χ3v) is 5.70. The molecule has 0 spiro atoms. The van der Waals surface area contributed by atoms with Crippen molar-refractivity contribution in [1.82, 2.24) is 15.5 Å². The van der Waals surface area contributed by atoms with Crippen LogP contribution in [-0.4, -0.2) is 49.0 Å². The van der Waals surface area contributed by atoms with Gasteiger partial charge in [0, 0.05) is 45.1 Å². The summed E-state index contributed by atoms with van der Waals surface area (Å²) in [6.45, 7) is 5.60. The monoisotopic (exact) mass is 374 g/mol. The van der Waals surface area contributed by atoms with Gasteiger partial charge in [-0.3, -0.25) is 9.79 Å². The summed E-state index contributed by atoms with van der Waals surface area (Å²) in [4.78, 5) is 18.5. The Labute approximate surface area is 162 Å². The van der Waals surface area contributed by atoms with Gasteiger partial charge in [-0.05, 0) is 43.7 Å². The molecule has 6 heteroatoms. The van der Waals surface area contributed by atoms with Crippen molar-refractivity contribution >= 4 is 11.9 Å². The van der Waals surface area contributed by atoms with Crippen LogP contribution in [0.15, 0.2) is 27.8 Å². The topological polar surface area (TPSA) is 69.9 Å². The number of amides is 1. The second-order valence-electron chi connectivity index (χ2n) is 7.84. The van der Waals surface area contributed by atoms with Crippen molar-refractivity contribution in [2.75, 3.05) is 26.2 Å². The lowest BCUT2D eigenvalue weighted by Gasteiger charge is -2.31. The number of carbonyl (C=O) groups is 1. The number of hydrogen-bond donors (Lipinski definition) is 2. The zero-order valence-electron chi connectivity index (χ0n) is 16.6. The fourth-order valence-electron chi connectivity index (χ4n) is 4.01. The van der Waals surface area contributed by atoms with Crippen LogP contribution in [0.5, 0.6) is 0 Å². The predicted octanol–water partition coefficient (Wildman–Crippen LogP) is 2.95. The van der Waals surface area contributed by atoms with Crippen molar-refractivity contribution in [2.45, 2.75) is 64.3 Å². The number of carbonyl (C=O) groups excluding carboxylic acids is 1. The van der Waals surface area contributed by atoms with Gasteiger partial charge in [0.2, 0.25) is 5.91 Å². The van der Waals surface area contributed by atoms with Gasteiger partial charge in [0.25, 0.3) is 0 Å². The van der Waals surface area contributed by atoms with Crippen molar-refractivity contribution in [2.24, 2.45) is 10.9 Å². The van der Waals surface area contributed by atoms with Crippen LogP contribution in [0.2, 0.25) is 0 Å². The highest BCUT2D eigenvalue weighted by atomic mass is 16.3. The average Bonchev–Trinajstić information content (AvgIpc) is 3.32. The Morgan fingerprint density at radius 3 is 2.96 bits per heavy atom. The minimum absolute atomic E-state index is 0.296. The smallest absolute Gasteiger partial charge is 0.222 e. The van der Waals surface area contributed by atoms with Gasteiger partial charge in [0.15, 0.2) is 5.96 Å². The Morgan fingerprint density at radius 1 is 1.33 bits per heavy atom. The normalized spacial score (nSPS) is 23.7. The van der Waals surface area contributed by atoms with E-state index < -0.39 is 0 Å². The molecular formula is C21H34N4O2. The Kier molecular flexibility index (Phi) is 7.60. The van der Waals surface area contributed by atoms with Crippen molar-refractivity contribution in [3.63, 3.8) is 0 Å². The van der Waals surface area contributed by atoms with Gasteiger partial charge >= 0.3 is 0 Å². The Balaban J connectivity index is 1.48. The van der Waals surface area contributed by atoms with E-state index in [4.69, 9.17) is 9.41 Å². The SMILES string of the molecule is CC1CCCCC1NC(=NCCCN1CCCC1=O)NCCc1ccco1. The van der Waals surface area contributed by atoms with Crippen LogP contribution in [-0.2, 0) is 11.2 Å². The lowest BCUT2D eigenvalue weighted by Crippen LogP contribution is -2.47. The first-order valence-electron chi connectivity index (χ1n) is 10.6. The third-order valence-electron chi connectivity index (χ3n) is 5.70. The Bertz CT molecular complexity index is 599. The number of aliphatic imine (C=N–C) groups is 1. The molecule has 1 aliphatic heterocycles. The van der Waals surface area contributed by atoms with Crippen LogP contribution in [0.1, 0.15) is 57.6 Å². The summed E-state index contributed by atoms with van der Waals surface area (Å²) in [7, 11) is 0. The largest absolute Gasteiger partial charge is 0.469 e. The second kappa shape index (κ2) is 10.4. The van der Waals surface area contributed by atoms with Crippen molar-refractivity contribution in [1.29, 1.82) is 0 Å². The minimum atomic E-state index is 0.296. The fourth-order valence-corrected chi connectivity index (χ4v) is 4.01. The maximum atomic E-state index is 11.7. The van der Waals surface area contributed by atoms with Gasteiger partial charge in [0.05, 0.1) is 6.26 Å². The van der Waals surface area contributed by atoms with E-state index in [1.807, 2.05) is 17.0 Å². The van der Waals surface area contributed by atoms with Gasteiger partial charge in [-0.2, -0.15) is 0 Å². The van der Waals surface area contributed by atoms with E-state index in [0.29, 0.717) is 24.3 Å². The molecule has 1 aromatic rings. The summed E-state index contributed by atoms with van der Waals surface area (Å²) in [6, 6.07) is 4.42. The molecule has 2 heterocycles. The molecule has 2 N–H and O–H groups in total. The number of rotatable bonds is 8. The number of nitrogens with zero attached hydrogens (tertiary/aromatic N) is 2. The van der Waals surface area contributed by atoms with Crippen LogP contribution >= 0.6 is 0 Å². The summed E-state index contributed by atoms with van der Waals surface area (Å²) in [5.74, 6) is 2.86. The van der Waals surface area contributed by atoms with Crippen LogP contribution < -0.4 is 10.6 Å². The summed E-state index contributed by atoms with van der Waals surface area (Å²) >= 11 is 0. The molecule has 6 nitrogen and oxygen atoms in total. The van der Waals surface area contributed by atoms with Gasteiger partial charge in [-0.1, -0.05) is 19.8 Å². The van der Waals surface area contributed by atoms with Gasteiger partial charge in [-0.25, -0.2) is 0 Å². The highest BCUT2D eigenvalue weighted by Gasteiger charge is 2.22. The molecule has 27 heavy (non-hydrogen) atoms. The molecule has 0 bridgehead atoms. The zero-order chi connectivity index (χ0) is 18.9. The highest BCUT2D eigenvalue weighted by Crippen LogP contribution is 2.23. The molecule has 2 fully saturated rings. The quantitative estimate of drug-likeness (QED) is 0.417. The van der Waals surface area contributed by atoms with Crippen molar-refractivity contribution in [3.8, 4) is 0 Å². The van der Waals surface area contributed by atoms with Crippen LogP contribution in [0.25, 0.3) is 0 Å². The molecule has 1 saturated carbocycles. The Morgan fingerprint density at radius 2 is 2.22 bits per heavy atom. The number of hydrogen-bond acceptors (Lipinski definition) is 3. The van der Waals surface area contributed by atoms with E-state index in [1.165, 1.54) is 25.7 Å². The molecule has 150 valence electrons. The third kappa shape index (κ3) is 6.29. The highest BCUT2D eigenvalue weighted by molar-refractivity contribution is 5.80. The molecule has 1 aliphatic carbocycles. The van der Waals surface area contributed by atoms with Crippen molar-refractivity contribution in [3.05, 3.63) is 24.2 Å². The molecule has 1 saturated heterocycles. The maximum absolute atomic E-state index is 11.7. The molecule has 2 atom stereocenters. The molecule has 1 amide bonds. The first-order chi connectivity index (χ1) is 13.2. The van der Waals surface area contributed by atoms with E-state index in [-0.39, 0.29) is 0 Å². The number of nitrogens with one attached hydrogen (secondary N) is 2. The lowest BCUT2D eigenvalue weighted by atomic mass is 9.86. The van der Waals surface area contributed by atoms with E-state index >= 15 is 0 Å². The number of guanidine groups is 1. The first-order valence-corrected chi connectivity index (χ1v) is 10.6. The summed E-state index contributed by atoms with van der Waals surface area (Å²) < 4.78 is 5.41. The minimum Gasteiger partial charge on any atom is -0.469 e. The summed E-state index contributed by atoms with van der Waals surface area (Å²) in [6.07, 6.45) is 10.3. The zero-order valence-corrected chi connectivity index (χ0v) is 16.6. The molecule has 2 unspecified atom stereocenters. The fraction of sp³-hybridized carbons (Fsp3) is 0.714. The summed E-state index contributed by atoms with van der Waals surface area (Å²) in [5, 5.41) is 7.11. The van der Waals surface area contributed by atoms with E-state index in [9.17, 15) is 4.79 Å². The average molecular weight is 375 g/mol. The van der Waals surface area contributed by atoms with E-state index in [2.05, 4.69) is 17.6 Å². The summed E-state index contributed by atoms with van der Waals surface area (Å²) in [5.41, 5.74) is 0. The van der Waals surface area contributed by atoms with E-state index in [1.54, 1.807) is 6.26 Å². The van der Waals surface area contributed by atoms with Crippen LogP contribution in [0.3, 0.4) is 0 Å². The van der Waals surface area contributed by atoms with Gasteiger partial charge in [-0.15, -0.1) is 0 Å². The maximum Gasteiger partial charge on any atom is 0.222 e. The molecule has 0 radical (unpaired) electrons. The predicted molar refractivity (Wildman–Crippen MR) is 108 cm³/mol. The lowest BCUT2D eigenvalue weighted by molar-refractivity contribution is -0.127. The van der Waals surface area contributed by atoms with Gasteiger partial charge in [0.1, 0.15) is 5.76 Å². The van der Waals surface area contributed by atoms with Crippen LogP contribution in [0, 0.1) is 5.92 Å². The molecule has 2 aliphatic rings. The molecule has 1 aromatic heterocycles.